The summed E-state index contributed by atoms with van der Waals surface area (Å²) in [6.45, 7) is 0. The maximum absolute atomic E-state index is 6.87. The van der Waals surface area contributed by atoms with E-state index >= 15 is 0 Å². The van der Waals surface area contributed by atoms with Crippen LogP contribution in [0.1, 0.15) is 66.8 Å². The number of hydrogen-bond acceptors (Lipinski definition) is 3. The summed E-state index contributed by atoms with van der Waals surface area (Å²) in [5, 5.41) is 0. The minimum absolute atomic E-state index is 0.534. The fourth-order valence-electron chi connectivity index (χ4n) is 15.8. The third-order valence-electron chi connectivity index (χ3n) is 18.4. The topological polar surface area (TPSA) is 12.5 Å². The third-order valence-corrected chi connectivity index (χ3v) is 19.6. The van der Waals surface area contributed by atoms with Gasteiger partial charge in [-0.25, -0.2) is 0 Å². The second kappa shape index (κ2) is 15.4. The first-order valence-corrected chi connectivity index (χ1v) is 28.0. The van der Waals surface area contributed by atoms with Crippen LogP contribution >= 0.6 is 11.8 Å². The molecule has 3 spiro atoms. The Balaban J connectivity index is 1.00. The lowest BCUT2D eigenvalue weighted by Gasteiger charge is -2.40. The quantitative estimate of drug-likeness (QED) is 0.175. The zero-order chi connectivity index (χ0) is 50.9. The highest BCUT2D eigenvalue weighted by Crippen LogP contribution is 2.70. The second-order valence-corrected chi connectivity index (χ2v) is 22.7. The summed E-state index contributed by atoms with van der Waals surface area (Å²) >= 11 is 1.89. The summed E-state index contributed by atoms with van der Waals surface area (Å²) in [5.41, 5.74) is 27.1. The lowest BCUT2D eigenvalue weighted by molar-refractivity contribution is 0.436. The van der Waals surface area contributed by atoms with E-state index in [1.54, 1.807) is 0 Å². The Bertz CT molecular complexity index is 4290. The van der Waals surface area contributed by atoms with Crippen molar-refractivity contribution in [3.05, 3.63) is 340 Å². The molecule has 6 aliphatic rings. The molecule has 12 aromatic carbocycles. The van der Waals surface area contributed by atoms with Crippen LogP contribution in [0.5, 0.6) is 11.5 Å². The number of anilines is 3. The van der Waals surface area contributed by atoms with Crippen molar-refractivity contribution in [2.24, 2.45) is 0 Å². The van der Waals surface area contributed by atoms with Crippen LogP contribution in [0.15, 0.2) is 283 Å². The molecule has 0 radical (unpaired) electrons. The number of hydrogen-bond donors (Lipinski definition) is 0. The molecule has 362 valence electrons. The SMILES string of the molecule is c1ccc2c(c1)Oc1ccccc1C21c2ccccc2-c2c(N(c3cccc4c3-c3ccccc3C43c4ccccc4Sc4ccccc43)c3cccc4c3-c3ccccc3C43c4ccccc4-c4ccccc43)cccc21. The van der Waals surface area contributed by atoms with Gasteiger partial charge in [0.15, 0.2) is 0 Å². The summed E-state index contributed by atoms with van der Waals surface area (Å²) in [7, 11) is 0. The van der Waals surface area contributed by atoms with Gasteiger partial charge in [-0.05, 0) is 126 Å². The Morgan fingerprint density at radius 2 is 0.500 bits per heavy atom. The molecule has 2 nitrogen and oxygen atoms in total. The van der Waals surface area contributed by atoms with Gasteiger partial charge < -0.3 is 9.64 Å². The molecule has 0 fully saturated rings. The monoisotopic (exact) mass is 1010 g/mol. The Labute approximate surface area is 457 Å². The molecule has 2 heterocycles. The number of nitrogens with zero attached hydrogens (tertiary/aromatic N) is 1. The van der Waals surface area contributed by atoms with Crippen molar-refractivity contribution < 1.29 is 4.74 Å². The van der Waals surface area contributed by atoms with Gasteiger partial charge in [0, 0.05) is 37.6 Å². The molecular weight excluding hydrogens is 963 g/mol. The van der Waals surface area contributed by atoms with Gasteiger partial charge in [-0.2, -0.15) is 0 Å². The fourth-order valence-corrected chi connectivity index (χ4v) is 17.0. The van der Waals surface area contributed by atoms with E-state index in [9.17, 15) is 0 Å². The fraction of sp³-hybridized carbons (Fsp3) is 0.0400. The smallest absolute Gasteiger partial charge is 0.132 e. The van der Waals surface area contributed by atoms with Crippen LogP contribution in [0, 0.1) is 0 Å². The van der Waals surface area contributed by atoms with Gasteiger partial charge >= 0.3 is 0 Å². The molecule has 0 bridgehead atoms. The molecule has 3 heteroatoms. The van der Waals surface area contributed by atoms with Crippen molar-refractivity contribution in [3.63, 3.8) is 0 Å². The lowest BCUT2D eigenvalue weighted by atomic mass is 9.66. The predicted molar refractivity (Wildman–Crippen MR) is 316 cm³/mol. The van der Waals surface area contributed by atoms with E-state index in [0.717, 1.165) is 39.7 Å². The number of benzene rings is 12. The van der Waals surface area contributed by atoms with Crippen molar-refractivity contribution in [1.82, 2.24) is 0 Å². The van der Waals surface area contributed by atoms with E-state index in [-0.39, 0.29) is 0 Å². The van der Waals surface area contributed by atoms with Crippen LogP contribution in [0.25, 0.3) is 44.5 Å². The highest BCUT2D eigenvalue weighted by atomic mass is 32.2. The van der Waals surface area contributed by atoms with E-state index in [1.807, 2.05) is 11.8 Å². The Morgan fingerprint density at radius 3 is 0.897 bits per heavy atom. The van der Waals surface area contributed by atoms with Crippen LogP contribution in [-0.2, 0) is 16.2 Å². The Hall–Kier alpha value is -9.41. The van der Waals surface area contributed by atoms with Gasteiger partial charge in [-0.15, -0.1) is 0 Å². The van der Waals surface area contributed by atoms with Crippen molar-refractivity contribution in [3.8, 4) is 56.0 Å². The summed E-state index contributed by atoms with van der Waals surface area (Å²) in [6, 6.07) is 103. The molecule has 0 saturated heterocycles. The third kappa shape index (κ3) is 4.99. The van der Waals surface area contributed by atoms with Crippen molar-refractivity contribution in [2.45, 2.75) is 26.0 Å². The molecular formula is C75H45NOS. The molecule has 0 unspecified atom stereocenters. The van der Waals surface area contributed by atoms with Gasteiger partial charge in [0.1, 0.15) is 11.5 Å². The predicted octanol–water partition coefficient (Wildman–Crippen LogP) is 18.8. The molecule has 4 aliphatic carbocycles. The molecule has 0 saturated carbocycles. The van der Waals surface area contributed by atoms with Crippen LogP contribution < -0.4 is 9.64 Å². The summed E-state index contributed by atoms with van der Waals surface area (Å²) in [5.74, 6) is 1.77. The highest BCUT2D eigenvalue weighted by molar-refractivity contribution is 7.99. The van der Waals surface area contributed by atoms with Gasteiger partial charge in [-0.3, -0.25) is 0 Å². The molecule has 0 amide bonds. The first kappa shape index (κ1) is 42.8. The number of rotatable bonds is 3. The van der Waals surface area contributed by atoms with Crippen LogP contribution in [0.2, 0.25) is 0 Å². The molecule has 0 aromatic heterocycles. The molecule has 12 aromatic rings. The zero-order valence-electron chi connectivity index (χ0n) is 42.2. The standard InChI is InChI=1S/C75H45NOS/c1-6-27-51-46(22-1)47-23-2-7-28-52(47)73(51)53-29-8-3-24-48(53)70-60(73)36-19-39-63(70)76(64-40-20-37-61-71(64)49-25-4-9-30-54(49)74(61)56-32-11-15-42-66(56)77-67-43-16-12-33-57(67)74)65-41-21-38-62-72(65)50-26-5-10-31-55(50)75(62)58-34-13-17-44-68(58)78-69-45-18-14-35-59(69)75/h1-45H. The van der Waals surface area contributed by atoms with Gasteiger partial charge in [0.05, 0.1) is 33.3 Å². The van der Waals surface area contributed by atoms with E-state index in [1.165, 1.54) is 110 Å². The number of fused-ring (bicyclic) bond motifs is 28. The van der Waals surface area contributed by atoms with E-state index in [4.69, 9.17) is 4.74 Å². The molecule has 2 aliphatic heterocycles. The maximum atomic E-state index is 6.87. The van der Waals surface area contributed by atoms with Crippen molar-refractivity contribution >= 4 is 28.8 Å². The van der Waals surface area contributed by atoms with E-state index in [0.29, 0.717) is 0 Å². The van der Waals surface area contributed by atoms with Gasteiger partial charge in [0.25, 0.3) is 0 Å². The summed E-state index contributed by atoms with van der Waals surface area (Å²) < 4.78 is 6.87. The second-order valence-electron chi connectivity index (χ2n) is 21.6. The molecule has 18 rings (SSSR count). The zero-order valence-corrected chi connectivity index (χ0v) is 43.1. The Kier molecular flexibility index (Phi) is 8.43. The Morgan fingerprint density at radius 1 is 0.231 bits per heavy atom. The highest BCUT2D eigenvalue weighted by Gasteiger charge is 2.56. The van der Waals surface area contributed by atoms with Crippen molar-refractivity contribution in [2.75, 3.05) is 4.90 Å². The summed E-state index contributed by atoms with van der Waals surface area (Å²) in [4.78, 5) is 5.28. The summed E-state index contributed by atoms with van der Waals surface area (Å²) in [6.07, 6.45) is 0. The van der Waals surface area contributed by atoms with E-state index in [2.05, 4.69) is 278 Å². The number of ether oxygens (including phenoxy) is 1. The minimum Gasteiger partial charge on any atom is -0.457 e. The molecule has 0 N–H and O–H groups in total. The first-order chi connectivity index (χ1) is 38.7. The molecule has 0 atom stereocenters. The maximum Gasteiger partial charge on any atom is 0.132 e. The lowest BCUT2D eigenvalue weighted by Crippen LogP contribution is -2.32. The first-order valence-electron chi connectivity index (χ1n) is 27.2. The van der Waals surface area contributed by atoms with Gasteiger partial charge in [-0.1, -0.05) is 242 Å². The van der Waals surface area contributed by atoms with Crippen LogP contribution in [0.4, 0.5) is 17.1 Å². The average molecular weight is 1010 g/mol. The minimum atomic E-state index is -0.659. The average Bonchev–Trinajstić information content (AvgIpc) is 4.26. The van der Waals surface area contributed by atoms with Crippen molar-refractivity contribution in [1.29, 1.82) is 0 Å². The van der Waals surface area contributed by atoms with Crippen LogP contribution in [-0.4, -0.2) is 0 Å². The van der Waals surface area contributed by atoms with Gasteiger partial charge in [0.2, 0.25) is 0 Å². The normalized spacial score (nSPS) is 15.3. The molecule has 78 heavy (non-hydrogen) atoms. The number of para-hydroxylation sites is 2. The largest absolute Gasteiger partial charge is 0.457 e. The van der Waals surface area contributed by atoms with E-state index < -0.39 is 16.2 Å². The van der Waals surface area contributed by atoms with Crippen LogP contribution in [0.3, 0.4) is 0 Å².